The van der Waals surface area contributed by atoms with Crippen LogP contribution in [0.15, 0.2) is 0 Å². The maximum absolute atomic E-state index is 12.3. The monoisotopic (exact) mass is 269 g/mol. The zero-order valence-electron chi connectivity index (χ0n) is 9.34. The summed E-state index contributed by atoms with van der Waals surface area (Å²) in [6.07, 6.45) is -1.26. The minimum Gasteiger partial charge on any atom is -0.332 e. The molecule has 0 aromatic rings. The van der Waals surface area contributed by atoms with Crippen LogP contribution in [0.3, 0.4) is 0 Å². The highest BCUT2D eigenvalue weighted by molar-refractivity contribution is 6.18. The third-order valence-electron chi connectivity index (χ3n) is 3.73. The Morgan fingerprint density at radius 3 is 2.35 bits per heavy atom. The van der Waals surface area contributed by atoms with Gasteiger partial charge in [0.2, 0.25) is 5.91 Å². The Bertz CT molecular complexity index is 298. The molecule has 98 valence electrons. The second kappa shape index (κ2) is 4.67. The van der Waals surface area contributed by atoms with Gasteiger partial charge in [-0.25, -0.2) is 0 Å². The van der Waals surface area contributed by atoms with Crippen molar-refractivity contribution >= 4 is 17.5 Å². The minimum absolute atomic E-state index is 0.0180. The molecule has 0 aromatic heterocycles. The van der Waals surface area contributed by atoms with Crippen LogP contribution < -0.4 is 0 Å². The van der Waals surface area contributed by atoms with E-state index >= 15 is 0 Å². The lowest BCUT2D eigenvalue weighted by Crippen LogP contribution is -2.41. The molecule has 0 heterocycles. The normalized spacial score (nSPS) is 31.2. The van der Waals surface area contributed by atoms with Crippen LogP contribution in [0.5, 0.6) is 0 Å². The van der Waals surface area contributed by atoms with Gasteiger partial charge in [-0.3, -0.25) is 4.79 Å². The molecule has 0 bridgehead atoms. The molecule has 0 saturated heterocycles. The molecule has 6 heteroatoms. The second-order valence-electron chi connectivity index (χ2n) is 4.85. The molecule has 2 atom stereocenters. The fourth-order valence-corrected chi connectivity index (χ4v) is 3.19. The van der Waals surface area contributed by atoms with Crippen molar-refractivity contribution in [1.29, 1.82) is 0 Å². The average molecular weight is 270 g/mol. The van der Waals surface area contributed by atoms with Gasteiger partial charge in [-0.1, -0.05) is 6.42 Å². The quantitative estimate of drug-likeness (QED) is 0.719. The first-order chi connectivity index (χ1) is 7.94. The van der Waals surface area contributed by atoms with Crippen LogP contribution in [0.4, 0.5) is 13.2 Å². The Kier molecular flexibility index (Phi) is 3.57. The van der Waals surface area contributed by atoms with Gasteiger partial charge in [0.25, 0.3) is 0 Å². The highest BCUT2D eigenvalue weighted by Gasteiger charge is 2.57. The summed E-state index contributed by atoms with van der Waals surface area (Å²) in [6.45, 7) is -1.19. The highest BCUT2D eigenvalue weighted by atomic mass is 35.5. The molecule has 0 aromatic carbocycles. The fourth-order valence-electron chi connectivity index (χ4n) is 2.98. The molecular formula is C11H15ClF3NO. The van der Waals surface area contributed by atoms with Crippen molar-refractivity contribution in [1.82, 2.24) is 4.90 Å². The van der Waals surface area contributed by atoms with E-state index in [9.17, 15) is 18.0 Å². The molecule has 2 aliphatic carbocycles. The lowest BCUT2D eigenvalue weighted by atomic mass is 10.1. The maximum atomic E-state index is 12.3. The van der Waals surface area contributed by atoms with Crippen LogP contribution >= 0.6 is 11.6 Å². The number of halogens is 4. The summed E-state index contributed by atoms with van der Waals surface area (Å²) >= 11 is 5.45. The number of hydrogen-bond donors (Lipinski definition) is 0. The van der Waals surface area contributed by atoms with E-state index in [-0.39, 0.29) is 24.2 Å². The number of rotatable bonds is 4. The van der Waals surface area contributed by atoms with Crippen molar-refractivity contribution in [3.63, 3.8) is 0 Å². The average Bonchev–Trinajstić information content (AvgIpc) is 2.68. The molecule has 2 saturated carbocycles. The molecule has 2 nitrogen and oxygen atoms in total. The summed E-state index contributed by atoms with van der Waals surface area (Å²) in [5.74, 6) is 0.221. The summed E-state index contributed by atoms with van der Waals surface area (Å²) in [5.41, 5.74) is 0. The lowest BCUT2D eigenvalue weighted by molar-refractivity contribution is -0.162. The van der Waals surface area contributed by atoms with Gasteiger partial charge in [0.15, 0.2) is 0 Å². The van der Waals surface area contributed by atoms with Crippen molar-refractivity contribution in [2.75, 3.05) is 19.0 Å². The molecular weight excluding hydrogens is 255 g/mol. The van der Waals surface area contributed by atoms with Crippen molar-refractivity contribution < 1.29 is 18.0 Å². The topological polar surface area (TPSA) is 20.3 Å². The largest absolute Gasteiger partial charge is 0.406 e. The zero-order valence-corrected chi connectivity index (χ0v) is 10.1. The molecule has 0 spiro atoms. The van der Waals surface area contributed by atoms with Crippen LogP contribution in [0, 0.1) is 17.8 Å². The number of carbonyl (C=O) groups is 1. The first kappa shape index (κ1) is 13.0. The SMILES string of the molecule is O=C(C1C2CCCC21)N(CCCl)CC(F)(F)F. The molecule has 0 radical (unpaired) electrons. The summed E-state index contributed by atoms with van der Waals surface area (Å²) in [5, 5.41) is 0. The molecule has 1 amide bonds. The van der Waals surface area contributed by atoms with E-state index in [1.54, 1.807) is 0 Å². The third kappa shape index (κ3) is 2.87. The smallest absolute Gasteiger partial charge is 0.332 e. The van der Waals surface area contributed by atoms with Gasteiger partial charge in [-0.2, -0.15) is 13.2 Å². The molecule has 17 heavy (non-hydrogen) atoms. The Labute approximate surface area is 103 Å². The predicted octanol–water partition coefficient (Wildman–Crippen LogP) is 2.66. The van der Waals surface area contributed by atoms with Crippen LogP contribution in [0.25, 0.3) is 0 Å². The van der Waals surface area contributed by atoms with E-state index in [1.807, 2.05) is 0 Å². The summed E-state index contributed by atoms with van der Waals surface area (Å²) in [7, 11) is 0. The number of carbonyl (C=O) groups excluding carboxylic acids is 1. The molecule has 2 unspecified atom stereocenters. The number of hydrogen-bond acceptors (Lipinski definition) is 1. The molecule has 2 fully saturated rings. The molecule has 0 aliphatic heterocycles. The molecule has 0 N–H and O–H groups in total. The van der Waals surface area contributed by atoms with Crippen LogP contribution in [0.2, 0.25) is 0 Å². The third-order valence-corrected chi connectivity index (χ3v) is 3.90. The van der Waals surface area contributed by atoms with Gasteiger partial charge in [-0.05, 0) is 24.7 Å². The van der Waals surface area contributed by atoms with Crippen molar-refractivity contribution in [2.24, 2.45) is 17.8 Å². The Balaban J connectivity index is 1.94. The highest BCUT2D eigenvalue weighted by Crippen LogP contribution is 2.58. The summed E-state index contributed by atoms with van der Waals surface area (Å²) in [6, 6.07) is 0. The standard InChI is InChI=1S/C11H15ClF3NO/c12-4-5-16(6-11(13,14)15)10(17)9-7-2-1-3-8(7)9/h7-9H,1-6H2. The van der Waals surface area contributed by atoms with Crippen LogP contribution in [-0.2, 0) is 4.79 Å². The first-order valence-electron chi connectivity index (χ1n) is 5.85. The number of amides is 1. The Hall–Kier alpha value is -0.450. The number of nitrogens with zero attached hydrogens (tertiary/aromatic N) is 1. The van der Waals surface area contributed by atoms with Crippen molar-refractivity contribution in [2.45, 2.75) is 25.4 Å². The van der Waals surface area contributed by atoms with Gasteiger partial charge in [0.05, 0.1) is 0 Å². The number of alkyl halides is 4. The summed E-state index contributed by atoms with van der Waals surface area (Å²) in [4.78, 5) is 12.8. The fraction of sp³-hybridized carbons (Fsp3) is 0.909. The first-order valence-corrected chi connectivity index (χ1v) is 6.39. The van der Waals surface area contributed by atoms with E-state index in [0.29, 0.717) is 11.8 Å². The zero-order chi connectivity index (χ0) is 12.6. The molecule has 2 aliphatic rings. The van der Waals surface area contributed by atoms with E-state index in [0.717, 1.165) is 24.2 Å². The van der Waals surface area contributed by atoms with E-state index in [2.05, 4.69) is 0 Å². The van der Waals surface area contributed by atoms with E-state index < -0.39 is 12.7 Å². The lowest BCUT2D eigenvalue weighted by Gasteiger charge is -2.23. The van der Waals surface area contributed by atoms with Crippen molar-refractivity contribution in [3.05, 3.63) is 0 Å². The van der Waals surface area contributed by atoms with Gasteiger partial charge in [0, 0.05) is 18.3 Å². The van der Waals surface area contributed by atoms with Gasteiger partial charge >= 0.3 is 6.18 Å². The van der Waals surface area contributed by atoms with E-state index in [4.69, 9.17) is 11.6 Å². The van der Waals surface area contributed by atoms with Crippen molar-refractivity contribution in [3.8, 4) is 0 Å². The summed E-state index contributed by atoms with van der Waals surface area (Å²) < 4.78 is 37.0. The van der Waals surface area contributed by atoms with Gasteiger partial charge in [-0.15, -0.1) is 11.6 Å². The van der Waals surface area contributed by atoms with E-state index in [1.165, 1.54) is 0 Å². The van der Waals surface area contributed by atoms with Crippen LogP contribution in [-0.4, -0.2) is 36.0 Å². The van der Waals surface area contributed by atoms with Gasteiger partial charge in [0.1, 0.15) is 6.54 Å². The van der Waals surface area contributed by atoms with Crippen LogP contribution in [0.1, 0.15) is 19.3 Å². The second-order valence-corrected chi connectivity index (χ2v) is 5.23. The molecule has 2 rings (SSSR count). The minimum atomic E-state index is -4.34. The van der Waals surface area contributed by atoms with Gasteiger partial charge < -0.3 is 4.90 Å². The maximum Gasteiger partial charge on any atom is 0.406 e. The Morgan fingerprint density at radius 2 is 1.88 bits per heavy atom. The number of fused-ring (bicyclic) bond motifs is 1. The Morgan fingerprint density at radius 1 is 1.29 bits per heavy atom. The predicted molar refractivity (Wildman–Crippen MR) is 57.7 cm³/mol.